The van der Waals surface area contributed by atoms with Crippen molar-refractivity contribution in [2.75, 3.05) is 5.75 Å². The Morgan fingerprint density at radius 3 is 2.69 bits per heavy atom. The molecule has 0 aliphatic carbocycles. The normalized spacial score (nSPS) is 12.8. The van der Waals surface area contributed by atoms with Crippen molar-refractivity contribution in [2.45, 2.75) is 6.42 Å². The Balaban J connectivity index is 2.75. The highest BCUT2D eigenvalue weighted by Crippen LogP contribution is 2.20. The van der Waals surface area contributed by atoms with Crippen molar-refractivity contribution in [1.82, 2.24) is 0 Å². The third-order valence-corrected chi connectivity index (χ3v) is 2.69. The monoisotopic (exact) mass is 237 g/mol. The summed E-state index contributed by atoms with van der Waals surface area (Å²) in [5.74, 6) is 0.0695. The maximum absolute atomic E-state index is 10.3. The topological polar surface area (TPSA) is 40.1 Å². The molecule has 2 nitrogen and oxygen atoms in total. The van der Waals surface area contributed by atoms with Crippen LogP contribution < -0.4 is 0 Å². The second-order valence-corrected chi connectivity index (χ2v) is 4.35. The Bertz CT molecular complexity index is 328. The van der Waals surface area contributed by atoms with Crippen LogP contribution in [0.5, 0.6) is 0 Å². The molecule has 0 radical (unpaired) electrons. The largest absolute Gasteiger partial charge is 0.772 e. The van der Waals surface area contributed by atoms with E-state index in [0.29, 0.717) is 16.5 Å². The summed E-state index contributed by atoms with van der Waals surface area (Å²) in [5, 5.41) is 1.12. The lowest BCUT2D eigenvalue weighted by Gasteiger charge is -2.06. The molecule has 1 rings (SSSR count). The molecule has 72 valence electrons. The van der Waals surface area contributed by atoms with Gasteiger partial charge in [0.25, 0.3) is 0 Å². The molecule has 1 aromatic carbocycles. The molecule has 0 heterocycles. The van der Waals surface area contributed by atoms with Gasteiger partial charge in [0.2, 0.25) is 0 Å². The molecule has 1 atom stereocenters. The summed E-state index contributed by atoms with van der Waals surface area (Å²) in [5.41, 5.74) is 0.762. The molecule has 1 aromatic rings. The van der Waals surface area contributed by atoms with E-state index in [1.165, 1.54) is 0 Å². The molecule has 0 aliphatic rings. The van der Waals surface area contributed by atoms with E-state index in [1.54, 1.807) is 18.2 Å². The van der Waals surface area contributed by atoms with Crippen molar-refractivity contribution in [3.8, 4) is 0 Å². The molecular formula is C8H7Cl2O2S-. The van der Waals surface area contributed by atoms with Gasteiger partial charge in [0.1, 0.15) is 0 Å². The first-order chi connectivity index (χ1) is 6.09. The maximum atomic E-state index is 10.3. The third kappa shape index (κ3) is 3.65. The van der Waals surface area contributed by atoms with Gasteiger partial charge in [-0.15, -0.1) is 0 Å². The van der Waals surface area contributed by atoms with Gasteiger partial charge in [-0.25, -0.2) is 0 Å². The van der Waals surface area contributed by atoms with Crippen LogP contribution in [0.25, 0.3) is 0 Å². The minimum Gasteiger partial charge on any atom is -0.772 e. The molecule has 0 saturated heterocycles. The Morgan fingerprint density at radius 2 is 2.08 bits per heavy atom. The van der Waals surface area contributed by atoms with Gasteiger partial charge < -0.3 is 4.55 Å². The number of aryl methyl sites for hydroxylation is 1. The smallest absolute Gasteiger partial charge is 0.0439 e. The first-order valence-electron chi connectivity index (χ1n) is 3.59. The number of rotatable bonds is 3. The van der Waals surface area contributed by atoms with Crippen LogP contribution in [0.1, 0.15) is 5.56 Å². The second kappa shape index (κ2) is 4.96. The summed E-state index contributed by atoms with van der Waals surface area (Å²) in [7, 11) is 0. The molecule has 0 aliphatic heterocycles. The molecule has 0 N–H and O–H groups in total. The minimum absolute atomic E-state index is 0.0695. The number of benzene rings is 1. The van der Waals surface area contributed by atoms with E-state index in [4.69, 9.17) is 23.2 Å². The van der Waals surface area contributed by atoms with Crippen LogP contribution in [0.15, 0.2) is 18.2 Å². The fraction of sp³-hybridized carbons (Fsp3) is 0.250. The highest BCUT2D eigenvalue weighted by molar-refractivity contribution is 7.79. The van der Waals surface area contributed by atoms with Crippen molar-refractivity contribution in [1.29, 1.82) is 0 Å². The minimum atomic E-state index is -2.03. The quantitative estimate of drug-likeness (QED) is 0.758. The van der Waals surface area contributed by atoms with E-state index >= 15 is 0 Å². The van der Waals surface area contributed by atoms with Crippen LogP contribution in [-0.4, -0.2) is 14.5 Å². The Labute approximate surface area is 89.1 Å². The van der Waals surface area contributed by atoms with Gasteiger partial charge >= 0.3 is 0 Å². The SMILES string of the molecule is O=S([O-])CCc1cc(Cl)ccc1Cl. The van der Waals surface area contributed by atoms with E-state index in [9.17, 15) is 8.76 Å². The van der Waals surface area contributed by atoms with Crippen LogP contribution in [-0.2, 0) is 17.5 Å². The maximum Gasteiger partial charge on any atom is 0.0439 e. The van der Waals surface area contributed by atoms with E-state index in [2.05, 4.69) is 0 Å². The van der Waals surface area contributed by atoms with E-state index in [1.807, 2.05) is 0 Å². The summed E-state index contributed by atoms with van der Waals surface area (Å²) in [6.07, 6.45) is 0.398. The van der Waals surface area contributed by atoms with Gasteiger partial charge in [-0.05, 0) is 30.2 Å². The predicted octanol–water partition coefficient (Wildman–Crippen LogP) is 2.42. The molecule has 0 aromatic heterocycles. The molecule has 0 amide bonds. The fourth-order valence-electron chi connectivity index (χ4n) is 0.928. The lowest BCUT2D eigenvalue weighted by atomic mass is 10.2. The zero-order chi connectivity index (χ0) is 9.84. The Kier molecular flexibility index (Phi) is 4.19. The average molecular weight is 238 g/mol. The third-order valence-electron chi connectivity index (χ3n) is 1.55. The highest BCUT2D eigenvalue weighted by atomic mass is 35.5. The molecule has 0 bridgehead atoms. The lowest BCUT2D eigenvalue weighted by Crippen LogP contribution is -1.99. The van der Waals surface area contributed by atoms with Crippen LogP contribution in [0.4, 0.5) is 0 Å². The molecule has 0 fully saturated rings. The van der Waals surface area contributed by atoms with E-state index < -0.39 is 11.1 Å². The predicted molar refractivity (Wildman–Crippen MR) is 54.0 cm³/mol. The van der Waals surface area contributed by atoms with Crippen molar-refractivity contribution >= 4 is 34.3 Å². The van der Waals surface area contributed by atoms with Crippen molar-refractivity contribution in [2.24, 2.45) is 0 Å². The summed E-state index contributed by atoms with van der Waals surface area (Å²) in [6.45, 7) is 0. The number of hydrogen-bond donors (Lipinski definition) is 0. The molecule has 0 saturated carbocycles. The van der Waals surface area contributed by atoms with Gasteiger partial charge in [0.15, 0.2) is 0 Å². The molecule has 1 unspecified atom stereocenters. The molecule has 5 heteroatoms. The highest BCUT2D eigenvalue weighted by Gasteiger charge is 2.00. The first kappa shape index (κ1) is 11.0. The van der Waals surface area contributed by atoms with Gasteiger partial charge in [-0.2, -0.15) is 0 Å². The van der Waals surface area contributed by atoms with E-state index in [0.717, 1.165) is 5.56 Å². The van der Waals surface area contributed by atoms with E-state index in [-0.39, 0.29) is 5.75 Å². The molecular weight excluding hydrogens is 231 g/mol. The summed E-state index contributed by atoms with van der Waals surface area (Å²) >= 11 is 9.51. The fourth-order valence-corrected chi connectivity index (χ4v) is 1.72. The zero-order valence-corrected chi connectivity index (χ0v) is 8.96. The number of hydrogen-bond acceptors (Lipinski definition) is 2. The second-order valence-electron chi connectivity index (χ2n) is 2.49. The van der Waals surface area contributed by atoms with Gasteiger partial charge in [0, 0.05) is 15.8 Å². The number of halogens is 2. The van der Waals surface area contributed by atoms with Crippen LogP contribution in [0.3, 0.4) is 0 Å². The Morgan fingerprint density at radius 1 is 1.38 bits per heavy atom. The van der Waals surface area contributed by atoms with Crippen LogP contribution in [0.2, 0.25) is 10.0 Å². The van der Waals surface area contributed by atoms with Crippen molar-refractivity contribution < 1.29 is 8.76 Å². The molecule has 0 spiro atoms. The Hall–Kier alpha value is -0.0900. The van der Waals surface area contributed by atoms with Crippen LogP contribution in [0, 0.1) is 0 Å². The van der Waals surface area contributed by atoms with Crippen molar-refractivity contribution in [3.63, 3.8) is 0 Å². The lowest BCUT2D eigenvalue weighted by molar-refractivity contribution is 0.536. The molecule has 13 heavy (non-hydrogen) atoms. The van der Waals surface area contributed by atoms with Gasteiger partial charge in [0.05, 0.1) is 0 Å². The standard InChI is InChI=1S/C8H8Cl2O2S/c9-7-1-2-8(10)6(5-7)3-4-13(11)12/h1-2,5H,3-4H2,(H,11,12)/p-1. The summed E-state index contributed by atoms with van der Waals surface area (Å²) in [4.78, 5) is 0. The zero-order valence-electron chi connectivity index (χ0n) is 6.63. The van der Waals surface area contributed by atoms with Gasteiger partial charge in [-0.1, -0.05) is 34.3 Å². The van der Waals surface area contributed by atoms with Crippen molar-refractivity contribution in [3.05, 3.63) is 33.8 Å². The first-order valence-corrected chi connectivity index (χ1v) is 5.59. The van der Waals surface area contributed by atoms with Crippen LogP contribution >= 0.6 is 23.2 Å². The summed E-state index contributed by atoms with van der Waals surface area (Å²) in [6, 6.07) is 5.01. The average Bonchev–Trinajstić information content (AvgIpc) is 2.06. The summed E-state index contributed by atoms with van der Waals surface area (Å²) < 4.78 is 20.6. The van der Waals surface area contributed by atoms with Gasteiger partial charge in [-0.3, -0.25) is 4.21 Å².